The lowest BCUT2D eigenvalue weighted by Gasteiger charge is -2.11. The summed E-state index contributed by atoms with van der Waals surface area (Å²) in [6, 6.07) is 24.1. The largest absolute Gasteiger partial charge is 0.497 e. The first kappa shape index (κ1) is 21.5. The summed E-state index contributed by atoms with van der Waals surface area (Å²) < 4.78 is 14.3. The second-order valence-corrected chi connectivity index (χ2v) is 8.83. The Labute approximate surface area is 194 Å². The standard InChI is InChI=1S/C24H22BrN3O2S/c1-17-3-9-20(10-4-17)28-23(18-5-11-21(29-2)12-6-18)26-27-24(28)31-16-15-30-22-13-7-19(25)8-14-22/h3-14H,15-16H2,1-2H3. The van der Waals surface area contributed by atoms with Crippen molar-refractivity contribution in [2.75, 3.05) is 19.5 Å². The van der Waals surface area contributed by atoms with E-state index < -0.39 is 0 Å². The van der Waals surface area contributed by atoms with Crippen molar-refractivity contribution in [3.05, 3.63) is 82.8 Å². The van der Waals surface area contributed by atoms with Gasteiger partial charge in [0, 0.05) is 21.5 Å². The van der Waals surface area contributed by atoms with Gasteiger partial charge in [-0.1, -0.05) is 45.4 Å². The van der Waals surface area contributed by atoms with Crippen molar-refractivity contribution in [3.8, 4) is 28.6 Å². The molecule has 0 amide bonds. The number of aromatic nitrogens is 3. The monoisotopic (exact) mass is 495 g/mol. The molecule has 0 spiro atoms. The van der Waals surface area contributed by atoms with Crippen molar-refractivity contribution in [3.63, 3.8) is 0 Å². The fourth-order valence-corrected chi connectivity index (χ4v) is 4.07. The minimum absolute atomic E-state index is 0.574. The third kappa shape index (κ3) is 5.29. The molecule has 1 aromatic heterocycles. The Kier molecular flexibility index (Phi) is 6.94. The number of methoxy groups -OCH3 is 1. The van der Waals surface area contributed by atoms with E-state index in [0.717, 1.165) is 44.0 Å². The van der Waals surface area contributed by atoms with E-state index in [0.29, 0.717) is 6.61 Å². The molecule has 0 saturated heterocycles. The topological polar surface area (TPSA) is 49.2 Å². The molecule has 0 bridgehead atoms. The van der Waals surface area contributed by atoms with Gasteiger partial charge in [0.15, 0.2) is 11.0 Å². The Bertz CT molecular complexity index is 1130. The minimum Gasteiger partial charge on any atom is -0.497 e. The summed E-state index contributed by atoms with van der Waals surface area (Å²) in [7, 11) is 1.66. The summed E-state index contributed by atoms with van der Waals surface area (Å²) in [4.78, 5) is 0. The van der Waals surface area contributed by atoms with Crippen molar-refractivity contribution in [1.29, 1.82) is 0 Å². The number of rotatable bonds is 8. The molecule has 5 nitrogen and oxygen atoms in total. The van der Waals surface area contributed by atoms with Gasteiger partial charge in [-0.2, -0.15) is 0 Å². The first-order valence-corrected chi connectivity index (χ1v) is 11.6. The Morgan fingerprint density at radius 1 is 0.871 bits per heavy atom. The number of benzene rings is 3. The first-order valence-electron chi connectivity index (χ1n) is 9.82. The third-order valence-corrected chi connectivity index (χ3v) is 6.09. The number of aryl methyl sites for hydroxylation is 1. The van der Waals surface area contributed by atoms with Crippen LogP contribution in [0.2, 0.25) is 0 Å². The van der Waals surface area contributed by atoms with Crippen LogP contribution < -0.4 is 9.47 Å². The van der Waals surface area contributed by atoms with Crippen LogP contribution in [-0.2, 0) is 0 Å². The van der Waals surface area contributed by atoms with Crippen molar-refractivity contribution in [2.45, 2.75) is 12.1 Å². The number of halogens is 1. The number of nitrogens with zero attached hydrogens (tertiary/aromatic N) is 3. The normalized spacial score (nSPS) is 10.8. The van der Waals surface area contributed by atoms with Crippen LogP contribution >= 0.6 is 27.7 Å². The number of ether oxygens (including phenoxy) is 2. The fourth-order valence-electron chi connectivity index (χ4n) is 3.04. The molecular weight excluding hydrogens is 474 g/mol. The Hall–Kier alpha value is -2.77. The average Bonchev–Trinajstić information content (AvgIpc) is 3.22. The van der Waals surface area contributed by atoms with Gasteiger partial charge in [-0.15, -0.1) is 10.2 Å². The zero-order valence-corrected chi connectivity index (χ0v) is 19.7. The molecule has 0 aliphatic rings. The van der Waals surface area contributed by atoms with Gasteiger partial charge in [0.25, 0.3) is 0 Å². The van der Waals surface area contributed by atoms with E-state index in [1.165, 1.54) is 5.56 Å². The van der Waals surface area contributed by atoms with Gasteiger partial charge in [-0.25, -0.2) is 0 Å². The number of hydrogen-bond donors (Lipinski definition) is 0. The summed E-state index contributed by atoms with van der Waals surface area (Å²) in [6.07, 6.45) is 0. The molecule has 1 heterocycles. The number of hydrogen-bond acceptors (Lipinski definition) is 5. The average molecular weight is 496 g/mol. The molecule has 3 aromatic carbocycles. The lowest BCUT2D eigenvalue weighted by Crippen LogP contribution is -2.03. The smallest absolute Gasteiger partial charge is 0.196 e. The van der Waals surface area contributed by atoms with Crippen LogP contribution in [0.1, 0.15) is 5.56 Å². The highest BCUT2D eigenvalue weighted by Gasteiger charge is 2.16. The lowest BCUT2D eigenvalue weighted by molar-refractivity contribution is 0.344. The Balaban J connectivity index is 1.55. The minimum atomic E-state index is 0.574. The molecule has 4 rings (SSSR count). The molecular formula is C24H22BrN3O2S. The maximum Gasteiger partial charge on any atom is 0.196 e. The summed E-state index contributed by atoms with van der Waals surface area (Å²) in [5.74, 6) is 3.21. The second-order valence-electron chi connectivity index (χ2n) is 6.86. The maximum atomic E-state index is 5.85. The molecule has 7 heteroatoms. The fraction of sp³-hybridized carbons (Fsp3) is 0.167. The molecule has 0 aliphatic heterocycles. The van der Waals surface area contributed by atoms with Crippen molar-refractivity contribution < 1.29 is 9.47 Å². The van der Waals surface area contributed by atoms with Crippen molar-refractivity contribution >= 4 is 27.7 Å². The van der Waals surface area contributed by atoms with Crippen LogP contribution in [0, 0.1) is 6.92 Å². The summed E-state index contributed by atoms with van der Waals surface area (Å²) in [6.45, 7) is 2.65. The predicted octanol–water partition coefficient (Wildman–Crippen LogP) is 6.18. The van der Waals surface area contributed by atoms with Gasteiger partial charge in [0.05, 0.1) is 13.7 Å². The summed E-state index contributed by atoms with van der Waals surface area (Å²) >= 11 is 5.06. The summed E-state index contributed by atoms with van der Waals surface area (Å²) in [5.41, 5.74) is 3.21. The lowest BCUT2D eigenvalue weighted by atomic mass is 10.2. The van der Waals surface area contributed by atoms with Crippen LogP contribution in [-0.4, -0.2) is 34.2 Å². The molecule has 158 valence electrons. The van der Waals surface area contributed by atoms with E-state index in [1.807, 2.05) is 48.5 Å². The quantitative estimate of drug-likeness (QED) is 0.215. The van der Waals surface area contributed by atoms with Crippen LogP contribution in [0.3, 0.4) is 0 Å². The Morgan fingerprint density at radius 3 is 2.23 bits per heavy atom. The van der Waals surface area contributed by atoms with Gasteiger partial charge in [-0.05, 0) is 67.6 Å². The first-order chi connectivity index (χ1) is 15.1. The van der Waals surface area contributed by atoms with Gasteiger partial charge in [-0.3, -0.25) is 4.57 Å². The third-order valence-electron chi connectivity index (χ3n) is 4.67. The van der Waals surface area contributed by atoms with Crippen LogP contribution in [0.25, 0.3) is 17.1 Å². The second kappa shape index (κ2) is 10.0. The van der Waals surface area contributed by atoms with Gasteiger partial charge in [0.2, 0.25) is 0 Å². The van der Waals surface area contributed by atoms with E-state index in [2.05, 4.69) is 61.9 Å². The van der Waals surface area contributed by atoms with E-state index in [-0.39, 0.29) is 0 Å². The SMILES string of the molecule is COc1ccc(-c2nnc(SCCOc3ccc(Br)cc3)n2-c2ccc(C)cc2)cc1. The molecule has 0 unspecified atom stereocenters. The molecule has 0 aliphatic carbocycles. The van der Waals surface area contributed by atoms with E-state index in [4.69, 9.17) is 9.47 Å². The highest BCUT2D eigenvalue weighted by atomic mass is 79.9. The van der Waals surface area contributed by atoms with Crippen LogP contribution in [0.4, 0.5) is 0 Å². The molecule has 0 fully saturated rings. The molecule has 0 N–H and O–H groups in total. The maximum absolute atomic E-state index is 5.85. The van der Waals surface area contributed by atoms with Gasteiger partial charge < -0.3 is 9.47 Å². The van der Waals surface area contributed by atoms with E-state index in [1.54, 1.807) is 18.9 Å². The van der Waals surface area contributed by atoms with Gasteiger partial charge >= 0.3 is 0 Å². The van der Waals surface area contributed by atoms with Gasteiger partial charge in [0.1, 0.15) is 11.5 Å². The van der Waals surface area contributed by atoms with E-state index >= 15 is 0 Å². The highest BCUT2D eigenvalue weighted by Crippen LogP contribution is 2.29. The van der Waals surface area contributed by atoms with Crippen molar-refractivity contribution in [2.24, 2.45) is 0 Å². The van der Waals surface area contributed by atoms with E-state index in [9.17, 15) is 0 Å². The summed E-state index contributed by atoms with van der Waals surface area (Å²) in [5, 5.41) is 9.79. The molecule has 4 aromatic rings. The van der Waals surface area contributed by atoms with Crippen LogP contribution in [0.5, 0.6) is 11.5 Å². The van der Waals surface area contributed by atoms with Crippen molar-refractivity contribution in [1.82, 2.24) is 14.8 Å². The molecule has 0 atom stereocenters. The zero-order chi connectivity index (χ0) is 21.6. The highest BCUT2D eigenvalue weighted by molar-refractivity contribution is 9.10. The number of thioether (sulfide) groups is 1. The molecule has 31 heavy (non-hydrogen) atoms. The Morgan fingerprint density at radius 2 is 1.55 bits per heavy atom. The molecule has 0 radical (unpaired) electrons. The predicted molar refractivity (Wildman–Crippen MR) is 128 cm³/mol. The van der Waals surface area contributed by atoms with Crippen LogP contribution in [0.15, 0.2) is 82.4 Å². The molecule has 0 saturated carbocycles. The zero-order valence-electron chi connectivity index (χ0n) is 17.3.